The number of benzene rings is 1. The third kappa shape index (κ3) is 7.60. The number of nitrogens with two attached hydrogens (primary N) is 1. The molecule has 0 bridgehead atoms. The van der Waals surface area contributed by atoms with E-state index in [-0.39, 0.29) is 13.2 Å². The molecule has 0 aliphatic carbocycles. The second-order valence-electron chi connectivity index (χ2n) is 4.04. The van der Waals surface area contributed by atoms with E-state index in [1.165, 1.54) is 0 Å². The highest BCUT2D eigenvalue weighted by Gasteiger charge is 2.04. The van der Waals surface area contributed by atoms with Crippen LogP contribution >= 0.6 is 0 Å². The number of anilines is 1. The maximum Gasteiger partial charge on any atom is 0.344 e. The Balaban J connectivity index is 2.01. The van der Waals surface area contributed by atoms with Crippen LogP contribution < -0.4 is 10.5 Å². The first-order valence-electron chi connectivity index (χ1n) is 6.43. The number of hydrogen-bond acceptors (Lipinski definition) is 6. The summed E-state index contributed by atoms with van der Waals surface area (Å²) < 4.78 is 20.3. The van der Waals surface area contributed by atoms with E-state index in [4.69, 9.17) is 24.7 Å². The zero-order valence-corrected chi connectivity index (χ0v) is 11.7. The van der Waals surface area contributed by atoms with Gasteiger partial charge in [0.25, 0.3) is 0 Å². The lowest BCUT2D eigenvalue weighted by molar-refractivity contribution is -0.147. The van der Waals surface area contributed by atoms with Gasteiger partial charge in [0, 0.05) is 26.0 Å². The Hall–Kier alpha value is -1.79. The fourth-order valence-electron chi connectivity index (χ4n) is 1.37. The topological polar surface area (TPSA) is 80.0 Å². The number of carbonyl (C=O) groups is 1. The molecule has 112 valence electrons. The molecule has 0 spiro atoms. The minimum absolute atomic E-state index is 0.131. The Morgan fingerprint density at radius 3 is 2.55 bits per heavy atom. The summed E-state index contributed by atoms with van der Waals surface area (Å²) in [6.07, 6.45) is 0.824. The van der Waals surface area contributed by atoms with Gasteiger partial charge in [0.05, 0.1) is 6.61 Å². The molecular weight excluding hydrogens is 262 g/mol. The van der Waals surface area contributed by atoms with Gasteiger partial charge in [-0.2, -0.15) is 0 Å². The summed E-state index contributed by atoms with van der Waals surface area (Å²) in [4.78, 5) is 11.4. The molecule has 1 rings (SSSR count). The van der Waals surface area contributed by atoms with Crippen molar-refractivity contribution in [1.82, 2.24) is 0 Å². The SMILES string of the molecule is COCCCOCCOC(=O)COc1ccc(N)cc1. The van der Waals surface area contributed by atoms with Crippen LogP contribution in [0.1, 0.15) is 6.42 Å². The van der Waals surface area contributed by atoms with Gasteiger partial charge < -0.3 is 24.7 Å². The van der Waals surface area contributed by atoms with E-state index in [0.29, 0.717) is 31.3 Å². The van der Waals surface area contributed by atoms with Gasteiger partial charge >= 0.3 is 5.97 Å². The lowest BCUT2D eigenvalue weighted by Gasteiger charge is -2.07. The average molecular weight is 283 g/mol. The smallest absolute Gasteiger partial charge is 0.344 e. The van der Waals surface area contributed by atoms with Crippen LogP contribution in [0, 0.1) is 0 Å². The molecule has 6 heteroatoms. The predicted octanol–water partition coefficient (Wildman–Crippen LogP) is 1.24. The number of hydrogen-bond donors (Lipinski definition) is 1. The Morgan fingerprint density at radius 1 is 1.10 bits per heavy atom. The van der Waals surface area contributed by atoms with Crippen molar-refractivity contribution < 1.29 is 23.7 Å². The average Bonchev–Trinajstić information content (AvgIpc) is 2.46. The first-order chi connectivity index (χ1) is 9.72. The van der Waals surface area contributed by atoms with Crippen molar-refractivity contribution in [1.29, 1.82) is 0 Å². The molecule has 0 aliphatic heterocycles. The van der Waals surface area contributed by atoms with E-state index in [1.54, 1.807) is 31.4 Å². The summed E-state index contributed by atoms with van der Waals surface area (Å²) in [5, 5.41) is 0. The van der Waals surface area contributed by atoms with Crippen LogP contribution in [0.5, 0.6) is 5.75 Å². The zero-order valence-electron chi connectivity index (χ0n) is 11.7. The quantitative estimate of drug-likeness (QED) is 0.395. The largest absolute Gasteiger partial charge is 0.482 e. The Kier molecular flexibility index (Phi) is 8.17. The summed E-state index contributed by atoms with van der Waals surface area (Å²) in [7, 11) is 1.64. The predicted molar refractivity (Wildman–Crippen MR) is 74.6 cm³/mol. The second kappa shape index (κ2) is 10.1. The van der Waals surface area contributed by atoms with Crippen molar-refractivity contribution in [3.05, 3.63) is 24.3 Å². The summed E-state index contributed by atoms with van der Waals surface area (Å²) in [6.45, 7) is 1.71. The van der Waals surface area contributed by atoms with E-state index >= 15 is 0 Å². The van der Waals surface area contributed by atoms with Crippen molar-refractivity contribution in [2.75, 3.05) is 45.9 Å². The molecule has 6 nitrogen and oxygen atoms in total. The first kappa shape index (κ1) is 16.3. The normalized spacial score (nSPS) is 10.2. The van der Waals surface area contributed by atoms with Crippen molar-refractivity contribution >= 4 is 11.7 Å². The standard InChI is InChI=1S/C14H21NO5/c1-17-7-2-8-18-9-10-19-14(16)11-20-13-5-3-12(15)4-6-13/h3-6H,2,7-11,15H2,1H3. The van der Waals surface area contributed by atoms with Crippen molar-refractivity contribution in [3.8, 4) is 5.75 Å². The van der Waals surface area contributed by atoms with Gasteiger partial charge in [-0.3, -0.25) is 0 Å². The minimum Gasteiger partial charge on any atom is -0.482 e. The molecule has 0 aromatic heterocycles. The Labute approximate surface area is 118 Å². The van der Waals surface area contributed by atoms with Gasteiger partial charge in [-0.15, -0.1) is 0 Å². The highest BCUT2D eigenvalue weighted by molar-refractivity contribution is 5.71. The molecule has 0 unspecified atom stereocenters. The molecule has 0 fully saturated rings. The van der Waals surface area contributed by atoms with E-state index in [1.807, 2.05) is 0 Å². The molecular formula is C14H21NO5. The number of carbonyl (C=O) groups excluding carboxylic acids is 1. The van der Waals surface area contributed by atoms with E-state index in [0.717, 1.165) is 6.42 Å². The molecule has 0 atom stereocenters. The number of nitrogen functional groups attached to an aromatic ring is 1. The van der Waals surface area contributed by atoms with Crippen LogP contribution in [0.25, 0.3) is 0 Å². The molecule has 0 aliphatic rings. The van der Waals surface area contributed by atoms with Gasteiger partial charge in [0.1, 0.15) is 12.4 Å². The van der Waals surface area contributed by atoms with Gasteiger partial charge in [0.15, 0.2) is 6.61 Å². The van der Waals surface area contributed by atoms with Crippen LogP contribution in [0.2, 0.25) is 0 Å². The van der Waals surface area contributed by atoms with Crippen molar-refractivity contribution in [3.63, 3.8) is 0 Å². The van der Waals surface area contributed by atoms with Gasteiger partial charge in [0.2, 0.25) is 0 Å². The van der Waals surface area contributed by atoms with Crippen LogP contribution in [0.3, 0.4) is 0 Å². The highest BCUT2D eigenvalue weighted by Crippen LogP contribution is 2.12. The third-order valence-electron chi connectivity index (χ3n) is 2.36. The lowest BCUT2D eigenvalue weighted by atomic mass is 10.3. The molecule has 2 N–H and O–H groups in total. The van der Waals surface area contributed by atoms with Crippen LogP contribution in [-0.2, 0) is 19.0 Å². The van der Waals surface area contributed by atoms with Crippen LogP contribution in [0.15, 0.2) is 24.3 Å². The maximum atomic E-state index is 11.4. The first-order valence-corrected chi connectivity index (χ1v) is 6.43. The van der Waals surface area contributed by atoms with Crippen LogP contribution in [0.4, 0.5) is 5.69 Å². The number of ether oxygens (including phenoxy) is 4. The van der Waals surface area contributed by atoms with Crippen LogP contribution in [-0.4, -0.2) is 46.1 Å². The van der Waals surface area contributed by atoms with E-state index in [9.17, 15) is 4.79 Å². The maximum absolute atomic E-state index is 11.4. The molecule has 0 radical (unpaired) electrons. The summed E-state index contributed by atoms with van der Waals surface area (Å²) in [5.74, 6) is 0.147. The van der Waals surface area contributed by atoms with E-state index < -0.39 is 5.97 Å². The van der Waals surface area contributed by atoms with Gasteiger partial charge in [-0.1, -0.05) is 0 Å². The number of rotatable bonds is 10. The van der Waals surface area contributed by atoms with Gasteiger partial charge in [-0.05, 0) is 30.7 Å². The lowest BCUT2D eigenvalue weighted by Crippen LogP contribution is -2.17. The van der Waals surface area contributed by atoms with Crippen molar-refractivity contribution in [2.45, 2.75) is 6.42 Å². The monoisotopic (exact) mass is 283 g/mol. The number of methoxy groups -OCH3 is 1. The molecule has 0 amide bonds. The molecule has 0 saturated carbocycles. The molecule has 20 heavy (non-hydrogen) atoms. The molecule has 1 aromatic rings. The Morgan fingerprint density at radius 2 is 1.85 bits per heavy atom. The Bertz CT molecular complexity index is 380. The van der Waals surface area contributed by atoms with Crippen molar-refractivity contribution in [2.24, 2.45) is 0 Å². The van der Waals surface area contributed by atoms with E-state index in [2.05, 4.69) is 0 Å². The molecule has 1 aromatic carbocycles. The molecule has 0 saturated heterocycles. The van der Waals surface area contributed by atoms with Gasteiger partial charge in [-0.25, -0.2) is 4.79 Å². The molecule has 0 heterocycles. The third-order valence-corrected chi connectivity index (χ3v) is 2.36. The highest BCUT2D eigenvalue weighted by atomic mass is 16.6. The minimum atomic E-state index is -0.428. The zero-order chi connectivity index (χ0) is 14.6. The summed E-state index contributed by atoms with van der Waals surface area (Å²) in [5.41, 5.74) is 6.18. The number of esters is 1. The summed E-state index contributed by atoms with van der Waals surface area (Å²) >= 11 is 0. The fraction of sp³-hybridized carbons (Fsp3) is 0.500. The second-order valence-corrected chi connectivity index (χ2v) is 4.04. The fourth-order valence-corrected chi connectivity index (χ4v) is 1.37. The summed E-state index contributed by atoms with van der Waals surface area (Å²) in [6, 6.07) is 6.80.